The number of nitrogens with zero attached hydrogens (tertiary/aromatic N) is 2. The average molecular weight is 367 g/mol. The van der Waals surface area contributed by atoms with Crippen molar-refractivity contribution in [1.29, 1.82) is 0 Å². The SMILES string of the molecule is CN(C)CCN1C(=O)c2ccc(NCc3cccc(C(=O)O)c3)cc2C1=O. The molecule has 0 radical (unpaired) electrons. The van der Waals surface area contributed by atoms with Crippen LogP contribution in [0.3, 0.4) is 0 Å². The summed E-state index contributed by atoms with van der Waals surface area (Å²) in [4.78, 5) is 39.2. The second kappa shape index (κ2) is 7.59. The topological polar surface area (TPSA) is 89.9 Å². The number of nitrogens with one attached hydrogen (secondary N) is 1. The van der Waals surface area contributed by atoms with E-state index in [1.54, 1.807) is 30.3 Å². The lowest BCUT2D eigenvalue weighted by molar-refractivity contribution is 0.0642. The second-order valence-corrected chi connectivity index (χ2v) is 6.68. The van der Waals surface area contributed by atoms with Crippen LogP contribution in [-0.4, -0.2) is 59.9 Å². The molecule has 0 saturated carbocycles. The minimum atomic E-state index is -0.976. The Bertz CT molecular complexity index is 908. The summed E-state index contributed by atoms with van der Waals surface area (Å²) < 4.78 is 0. The maximum atomic E-state index is 12.6. The molecule has 2 aromatic rings. The van der Waals surface area contributed by atoms with Crippen LogP contribution < -0.4 is 5.32 Å². The van der Waals surface area contributed by atoms with E-state index in [1.165, 1.54) is 11.0 Å². The molecule has 1 aliphatic rings. The molecule has 0 aromatic heterocycles. The fourth-order valence-corrected chi connectivity index (χ4v) is 2.92. The number of anilines is 1. The minimum Gasteiger partial charge on any atom is -0.478 e. The molecule has 2 aromatic carbocycles. The molecule has 7 heteroatoms. The Balaban J connectivity index is 1.72. The fourth-order valence-electron chi connectivity index (χ4n) is 2.92. The summed E-state index contributed by atoms with van der Waals surface area (Å²) in [5.74, 6) is -1.53. The fraction of sp³-hybridized carbons (Fsp3) is 0.250. The summed E-state index contributed by atoms with van der Waals surface area (Å²) in [6.45, 7) is 1.37. The smallest absolute Gasteiger partial charge is 0.335 e. The van der Waals surface area contributed by atoms with Crippen molar-refractivity contribution in [2.24, 2.45) is 0 Å². The summed E-state index contributed by atoms with van der Waals surface area (Å²) in [6, 6.07) is 11.7. The standard InChI is InChI=1S/C20H21N3O4/c1-22(2)8-9-23-18(24)16-7-6-15(11-17(16)19(23)25)21-12-13-4-3-5-14(10-13)20(26)27/h3-7,10-11,21H,8-9,12H2,1-2H3,(H,26,27). The van der Waals surface area contributed by atoms with Gasteiger partial charge in [0, 0.05) is 25.3 Å². The molecule has 0 bridgehead atoms. The lowest BCUT2D eigenvalue weighted by Gasteiger charge is -2.16. The van der Waals surface area contributed by atoms with Crippen LogP contribution in [0.25, 0.3) is 0 Å². The number of carbonyl (C=O) groups is 3. The molecule has 0 unspecified atom stereocenters. The van der Waals surface area contributed by atoms with E-state index in [0.717, 1.165) is 5.56 Å². The normalized spacial score (nSPS) is 13.2. The predicted octanol–water partition coefficient (Wildman–Crippen LogP) is 2.15. The number of amides is 2. The molecule has 7 nitrogen and oxygen atoms in total. The Morgan fingerprint density at radius 3 is 2.52 bits per heavy atom. The summed E-state index contributed by atoms with van der Waals surface area (Å²) in [6.07, 6.45) is 0. The summed E-state index contributed by atoms with van der Waals surface area (Å²) >= 11 is 0. The van der Waals surface area contributed by atoms with Crippen LogP contribution in [-0.2, 0) is 6.54 Å². The van der Waals surface area contributed by atoms with Crippen LogP contribution in [0.5, 0.6) is 0 Å². The number of aromatic carboxylic acids is 1. The third-order valence-corrected chi connectivity index (χ3v) is 4.41. The van der Waals surface area contributed by atoms with Crippen molar-refractivity contribution in [3.8, 4) is 0 Å². The van der Waals surface area contributed by atoms with E-state index in [2.05, 4.69) is 5.32 Å². The molecule has 2 amide bonds. The minimum absolute atomic E-state index is 0.223. The largest absolute Gasteiger partial charge is 0.478 e. The van der Waals surface area contributed by atoms with Gasteiger partial charge < -0.3 is 15.3 Å². The number of fused-ring (bicyclic) bond motifs is 1. The van der Waals surface area contributed by atoms with E-state index < -0.39 is 5.97 Å². The highest BCUT2D eigenvalue weighted by Crippen LogP contribution is 2.26. The van der Waals surface area contributed by atoms with Gasteiger partial charge in [-0.1, -0.05) is 12.1 Å². The van der Waals surface area contributed by atoms with E-state index in [9.17, 15) is 14.4 Å². The van der Waals surface area contributed by atoms with Crippen molar-refractivity contribution in [3.05, 3.63) is 64.7 Å². The Labute approximate surface area is 157 Å². The van der Waals surface area contributed by atoms with Crippen molar-refractivity contribution in [1.82, 2.24) is 9.80 Å². The van der Waals surface area contributed by atoms with Crippen molar-refractivity contribution < 1.29 is 19.5 Å². The van der Waals surface area contributed by atoms with Gasteiger partial charge in [0.15, 0.2) is 0 Å². The highest BCUT2D eigenvalue weighted by atomic mass is 16.4. The first-order valence-electron chi connectivity index (χ1n) is 8.58. The average Bonchev–Trinajstić information content (AvgIpc) is 2.88. The van der Waals surface area contributed by atoms with Crippen LogP contribution in [0.15, 0.2) is 42.5 Å². The number of carboxylic acid groups (broad SMARTS) is 1. The predicted molar refractivity (Wildman–Crippen MR) is 101 cm³/mol. The zero-order valence-electron chi connectivity index (χ0n) is 15.2. The second-order valence-electron chi connectivity index (χ2n) is 6.68. The number of carbonyl (C=O) groups excluding carboxylic acids is 2. The molecule has 0 saturated heterocycles. The van der Waals surface area contributed by atoms with Crippen LogP contribution in [0.1, 0.15) is 36.6 Å². The lowest BCUT2D eigenvalue weighted by atomic mass is 10.1. The molecular weight excluding hydrogens is 346 g/mol. The van der Waals surface area contributed by atoms with E-state index >= 15 is 0 Å². The molecule has 2 N–H and O–H groups in total. The number of benzene rings is 2. The van der Waals surface area contributed by atoms with Gasteiger partial charge in [0.2, 0.25) is 0 Å². The highest BCUT2D eigenvalue weighted by Gasteiger charge is 2.35. The molecule has 140 valence electrons. The van der Waals surface area contributed by atoms with E-state index in [1.807, 2.05) is 25.1 Å². The first-order chi connectivity index (χ1) is 12.9. The maximum Gasteiger partial charge on any atom is 0.335 e. The zero-order valence-corrected chi connectivity index (χ0v) is 15.2. The molecular formula is C20H21N3O4. The number of likely N-dealkylation sites (N-methyl/N-ethyl adjacent to an activating group) is 1. The number of rotatable bonds is 7. The van der Waals surface area contributed by atoms with Gasteiger partial charge in [-0.15, -0.1) is 0 Å². The van der Waals surface area contributed by atoms with Crippen LogP contribution in [0.4, 0.5) is 5.69 Å². The molecule has 1 aliphatic heterocycles. The first-order valence-corrected chi connectivity index (χ1v) is 8.58. The van der Waals surface area contributed by atoms with E-state index in [0.29, 0.717) is 36.4 Å². The van der Waals surface area contributed by atoms with Crippen molar-refractivity contribution in [2.75, 3.05) is 32.5 Å². The van der Waals surface area contributed by atoms with Gasteiger partial charge in [0.25, 0.3) is 11.8 Å². The number of hydrogen-bond acceptors (Lipinski definition) is 5. The van der Waals surface area contributed by atoms with Gasteiger partial charge >= 0.3 is 5.97 Å². The van der Waals surface area contributed by atoms with Gasteiger partial charge in [-0.3, -0.25) is 14.5 Å². The number of hydrogen-bond donors (Lipinski definition) is 2. The van der Waals surface area contributed by atoms with Gasteiger partial charge in [-0.2, -0.15) is 0 Å². The highest BCUT2D eigenvalue weighted by molar-refractivity contribution is 6.21. The summed E-state index contributed by atoms with van der Waals surface area (Å²) in [7, 11) is 3.78. The molecule has 0 aliphatic carbocycles. The molecule has 0 fully saturated rings. The maximum absolute atomic E-state index is 12.6. The molecule has 0 atom stereocenters. The number of carboxylic acids is 1. The van der Waals surface area contributed by atoms with Crippen molar-refractivity contribution >= 4 is 23.5 Å². The van der Waals surface area contributed by atoms with E-state index in [4.69, 9.17) is 5.11 Å². The Hall–Kier alpha value is -3.19. The van der Waals surface area contributed by atoms with Crippen molar-refractivity contribution in [3.63, 3.8) is 0 Å². The third kappa shape index (κ3) is 3.98. The lowest BCUT2D eigenvalue weighted by Crippen LogP contribution is -2.35. The van der Waals surface area contributed by atoms with Gasteiger partial charge in [0.1, 0.15) is 0 Å². The van der Waals surface area contributed by atoms with Crippen molar-refractivity contribution in [2.45, 2.75) is 6.54 Å². The van der Waals surface area contributed by atoms with Gasteiger partial charge in [0.05, 0.1) is 16.7 Å². The third-order valence-electron chi connectivity index (χ3n) is 4.41. The number of imide groups is 1. The Kier molecular flexibility index (Phi) is 5.23. The zero-order chi connectivity index (χ0) is 19.6. The molecule has 1 heterocycles. The van der Waals surface area contributed by atoms with E-state index in [-0.39, 0.29) is 17.4 Å². The molecule has 0 spiro atoms. The van der Waals surface area contributed by atoms with Gasteiger partial charge in [-0.25, -0.2) is 4.79 Å². The van der Waals surface area contributed by atoms with Crippen LogP contribution >= 0.6 is 0 Å². The molecule has 27 heavy (non-hydrogen) atoms. The summed E-state index contributed by atoms with van der Waals surface area (Å²) in [5, 5.41) is 12.2. The van der Waals surface area contributed by atoms with Crippen LogP contribution in [0, 0.1) is 0 Å². The Morgan fingerprint density at radius 2 is 1.81 bits per heavy atom. The first kappa shape index (κ1) is 18.6. The van der Waals surface area contributed by atoms with Crippen LogP contribution in [0.2, 0.25) is 0 Å². The molecule has 3 rings (SSSR count). The monoisotopic (exact) mass is 367 g/mol. The Morgan fingerprint density at radius 1 is 1.07 bits per heavy atom. The summed E-state index contributed by atoms with van der Waals surface area (Å²) in [5.41, 5.74) is 2.54. The van der Waals surface area contributed by atoms with Gasteiger partial charge in [-0.05, 0) is 50.0 Å². The quantitative estimate of drug-likeness (QED) is 0.729.